The van der Waals surface area contributed by atoms with Crippen molar-refractivity contribution in [3.63, 3.8) is 0 Å². The molecule has 0 unspecified atom stereocenters. The van der Waals surface area contributed by atoms with Gasteiger partial charge in [0.25, 0.3) is 0 Å². The fourth-order valence-electron chi connectivity index (χ4n) is 9.30. The average molecular weight is 865 g/mol. The molecule has 50 heavy (non-hydrogen) atoms. The fourth-order valence-corrected chi connectivity index (χ4v) is 9.30. The molecule has 7 rings (SSSR count). The van der Waals surface area contributed by atoms with Crippen molar-refractivity contribution < 1.29 is 78.1 Å². The van der Waals surface area contributed by atoms with E-state index in [0.29, 0.717) is 23.7 Å². The van der Waals surface area contributed by atoms with Crippen molar-refractivity contribution in [1.29, 1.82) is 0 Å². The molecular weight excluding hydrogens is 809 g/mol. The predicted molar refractivity (Wildman–Crippen MR) is 195 cm³/mol. The molecule has 4 aliphatic rings. The van der Waals surface area contributed by atoms with Crippen molar-refractivity contribution >= 4 is 23.8 Å². The first-order valence-electron chi connectivity index (χ1n) is 19.1. The monoisotopic (exact) mass is 860 g/mol. The van der Waals surface area contributed by atoms with E-state index in [4.69, 9.17) is 15.0 Å². The molecule has 0 spiro atoms. The summed E-state index contributed by atoms with van der Waals surface area (Å²) in [4.78, 5) is 15.7. The van der Waals surface area contributed by atoms with Crippen LogP contribution in [-0.2, 0) is 0 Å². The summed E-state index contributed by atoms with van der Waals surface area (Å²) in [7, 11) is 0. The number of para-hydroxylation sites is 2. The van der Waals surface area contributed by atoms with Crippen LogP contribution in [0.3, 0.4) is 0 Å². The summed E-state index contributed by atoms with van der Waals surface area (Å²) in [6.45, 7) is 0. The van der Waals surface area contributed by atoms with Crippen LogP contribution in [0.4, 0.5) is 11.4 Å². The minimum atomic E-state index is 0. The number of aliphatic imine (C=N–C) groups is 2. The van der Waals surface area contributed by atoms with E-state index in [9.17, 15) is 0 Å². The van der Waals surface area contributed by atoms with Crippen LogP contribution >= 0.6 is 0 Å². The Hall–Kier alpha value is -0.849. The smallest absolute Gasteiger partial charge is 1.00 e. The maximum absolute atomic E-state index is 5.30. The Kier molecular flexibility index (Phi) is 19.5. The van der Waals surface area contributed by atoms with Gasteiger partial charge in [0.05, 0.1) is 35.2 Å². The number of aromatic nitrogens is 1. The summed E-state index contributed by atoms with van der Waals surface area (Å²) >= 11 is 0. The van der Waals surface area contributed by atoms with Crippen LogP contribution < -0.4 is 37.2 Å². The maximum Gasteiger partial charge on any atom is 3.00 e. The SMILES string of the molecule is C(=Nc1c(C2CCCCC2)cccc1C1CCCCC1)c1cccc(C=Nc2c(C3CCCCC3)cccc2C2CCCCC2)n1.[Cl-].[Cl-].[Cl-].[Nd+3]. The van der Waals surface area contributed by atoms with Crippen molar-refractivity contribution in [2.45, 2.75) is 152 Å². The Balaban J connectivity index is 0.00000169. The molecule has 1 heterocycles. The normalized spacial score (nSPS) is 19.7. The number of nitrogens with zero attached hydrogens (tertiary/aromatic N) is 3. The summed E-state index contributed by atoms with van der Waals surface area (Å²) in [5, 5.41) is 0. The van der Waals surface area contributed by atoms with Gasteiger partial charge in [-0.25, -0.2) is 4.98 Å². The van der Waals surface area contributed by atoms with Crippen molar-refractivity contribution in [3.8, 4) is 0 Å². The molecule has 267 valence electrons. The van der Waals surface area contributed by atoms with Crippen LogP contribution in [-0.4, -0.2) is 17.4 Å². The number of benzene rings is 2. The molecule has 4 saturated carbocycles. The van der Waals surface area contributed by atoms with E-state index < -0.39 is 0 Å². The van der Waals surface area contributed by atoms with Gasteiger partial charge in [0.1, 0.15) is 0 Å². The second kappa shape index (κ2) is 22.4. The van der Waals surface area contributed by atoms with Crippen LogP contribution in [0.1, 0.15) is 186 Å². The molecule has 2 aromatic carbocycles. The summed E-state index contributed by atoms with van der Waals surface area (Å²) in [6, 6.07) is 20.5. The van der Waals surface area contributed by atoms with Gasteiger partial charge in [-0.2, -0.15) is 0 Å². The van der Waals surface area contributed by atoms with Crippen molar-refractivity contribution in [3.05, 3.63) is 88.2 Å². The molecule has 4 aliphatic carbocycles. The molecule has 0 amide bonds. The third-order valence-corrected chi connectivity index (χ3v) is 11.8. The summed E-state index contributed by atoms with van der Waals surface area (Å²) in [5.41, 5.74) is 10.3. The number of hydrogen-bond acceptors (Lipinski definition) is 3. The summed E-state index contributed by atoms with van der Waals surface area (Å²) in [6.07, 6.45) is 30.7. The number of pyridine rings is 1. The van der Waals surface area contributed by atoms with Gasteiger partial charge in [-0.05, 0) is 109 Å². The molecule has 0 saturated heterocycles. The average Bonchev–Trinajstić information content (AvgIpc) is 3.14. The minimum Gasteiger partial charge on any atom is -1.00 e. The van der Waals surface area contributed by atoms with Crippen LogP contribution in [0.2, 0.25) is 0 Å². The van der Waals surface area contributed by atoms with Gasteiger partial charge < -0.3 is 37.2 Å². The molecule has 1 radical (unpaired) electrons. The van der Waals surface area contributed by atoms with E-state index in [-0.39, 0.29) is 78.1 Å². The van der Waals surface area contributed by atoms with Gasteiger partial charge in [0.15, 0.2) is 0 Å². The predicted octanol–water partition coefficient (Wildman–Crippen LogP) is 3.79. The third-order valence-electron chi connectivity index (χ3n) is 11.8. The van der Waals surface area contributed by atoms with Gasteiger partial charge in [0.2, 0.25) is 0 Å². The van der Waals surface area contributed by atoms with E-state index in [1.807, 2.05) is 12.4 Å². The molecule has 3 aromatic rings. The first-order chi connectivity index (χ1) is 22.8. The van der Waals surface area contributed by atoms with Crippen LogP contribution in [0.25, 0.3) is 0 Å². The Labute approximate surface area is 354 Å². The van der Waals surface area contributed by atoms with E-state index in [1.54, 1.807) is 0 Å². The van der Waals surface area contributed by atoms with Crippen LogP contribution in [0.5, 0.6) is 0 Å². The Morgan fingerprint density at radius 1 is 0.400 bits per heavy atom. The zero-order valence-corrected chi connectivity index (χ0v) is 35.3. The number of hydrogen-bond donors (Lipinski definition) is 0. The summed E-state index contributed by atoms with van der Waals surface area (Å²) in [5.74, 6) is 2.55. The Morgan fingerprint density at radius 2 is 0.660 bits per heavy atom. The van der Waals surface area contributed by atoms with Gasteiger partial charge in [-0.15, -0.1) is 0 Å². The quantitative estimate of drug-likeness (QED) is 0.318. The zero-order chi connectivity index (χ0) is 31.0. The van der Waals surface area contributed by atoms with Crippen molar-refractivity contribution in [2.24, 2.45) is 9.98 Å². The first kappa shape index (κ1) is 43.6. The van der Waals surface area contributed by atoms with Gasteiger partial charge in [-0.1, -0.05) is 120 Å². The molecule has 4 fully saturated rings. The van der Waals surface area contributed by atoms with Crippen molar-refractivity contribution in [1.82, 2.24) is 4.98 Å². The Morgan fingerprint density at radius 3 is 0.940 bits per heavy atom. The van der Waals surface area contributed by atoms with E-state index >= 15 is 0 Å². The molecule has 0 N–H and O–H groups in total. The first-order valence-corrected chi connectivity index (χ1v) is 19.1. The van der Waals surface area contributed by atoms with E-state index in [2.05, 4.69) is 54.6 Å². The van der Waals surface area contributed by atoms with Crippen molar-refractivity contribution in [2.75, 3.05) is 0 Å². The largest absolute Gasteiger partial charge is 3.00 e. The molecule has 1 aromatic heterocycles. The summed E-state index contributed by atoms with van der Waals surface area (Å²) < 4.78 is 0. The third kappa shape index (κ3) is 11.1. The van der Waals surface area contributed by atoms with Gasteiger partial charge in [-0.3, -0.25) is 9.98 Å². The molecule has 3 nitrogen and oxygen atoms in total. The molecule has 7 heteroatoms. The van der Waals surface area contributed by atoms with E-state index in [0.717, 1.165) is 11.4 Å². The number of halogens is 3. The molecule has 0 aliphatic heterocycles. The van der Waals surface area contributed by atoms with Crippen LogP contribution in [0, 0.1) is 40.8 Å². The zero-order valence-electron chi connectivity index (χ0n) is 29.8. The molecule has 0 bridgehead atoms. The van der Waals surface area contributed by atoms with Crippen LogP contribution in [0.15, 0.2) is 64.6 Å². The number of rotatable bonds is 8. The second-order valence-electron chi connectivity index (χ2n) is 14.9. The van der Waals surface area contributed by atoms with Gasteiger partial charge in [0, 0.05) is 0 Å². The standard InChI is InChI=1S/C43H55N3.3ClH.Nd/c1-5-16-32(17-6-1)38-26-14-27-39(33-18-7-2-8-19-33)42(38)44-30-36-24-13-25-37(46-36)31-45-43-40(34-20-9-3-10-21-34)28-15-29-41(43)35-22-11-4-12-23-35;;;;/h13-15,24-35H,1-12,16-23H2;3*1H;/q;;;;+3/p-3. The second-order valence-corrected chi connectivity index (χ2v) is 14.9. The van der Waals surface area contributed by atoms with E-state index in [1.165, 1.54) is 162 Å². The molecule has 0 atom stereocenters. The fraction of sp³-hybridized carbons (Fsp3) is 0.558. The molecular formula is C43H55Cl3N3Nd. The topological polar surface area (TPSA) is 37.6 Å². The van der Waals surface area contributed by atoms with Gasteiger partial charge >= 0.3 is 40.8 Å². The minimum absolute atomic E-state index is 0. The Bertz CT molecular complexity index is 1320. The maximum atomic E-state index is 5.30.